The number of aromatic amines is 1. The van der Waals surface area contributed by atoms with Crippen LogP contribution in [0.15, 0.2) is 17.5 Å². The van der Waals surface area contributed by atoms with Crippen molar-refractivity contribution in [2.75, 3.05) is 0 Å². The Bertz CT molecular complexity index is 485. The summed E-state index contributed by atoms with van der Waals surface area (Å²) >= 11 is 1.65. The van der Waals surface area contributed by atoms with Crippen molar-refractivity contribution in [1.29, 1.82) is 0 Å². The van der Waals surface area contributed by atoms with E-state index in [1.165, 1.54) is 32.1 Å². The molecule has 4 nitrogen and oxygen atoms in total. The van der Waals surface area contributed by atoms with Gasteiger partial charge < -0.3 is 5.73 Å². The molecule has 0 aromatic carbocycles. The second-order valence-electron chi connectivity index (χ2n) is 4.91. The van der Waals surface area contributed by atoms with E-state index in [4.69, 9.17) is 5.73 Å². The summed E-state index contributed by atoms with van der Waals surface area (Å²) in [6.07, 6.45) is 6.41. The van der Waals surface area contributed by atoms with Crippen molar-refractivity contribution < 1.29 is 0 Å². The summed E-state index contributed by atoms with van der Waals surface area (Å²) in [5, 5.41) is 9.41. The van der Waals surface area contributed by atoms with Gasteiger partial charge in [0.15, 0.2) is 5.82 Å². The van der Waals surface area contributed by atoms with Crippen molar-refractivity contribution in [3.05, 3.63) is 34.0 Å². The first-order valence-corrected chi connectivity index (χ1v) is 7.44. The molecule has 0 amide bonds. The normalized spacial score (nSPS) is 18.9. The average molecular weight is 262 g/mol. The summed E-state index contributed by atoms with van der Waals surface area (Å²) < 4.78 is 0. The first kappa shape index (κ1) is 11.9. The van der Waals surface area contributed by atoms with Crippen LogP contribution in [-0.4, -0.2) is 15.2 Å². The van der Waals surface area contributed by atoms with E-state index in [0.717, 1.165) is 16.5 Å². The van der Waals surface area contributed by atoms with Gasteiger partial charge in [-0.25, -0.2) is 4.98 Å². The van der Waals surface area contributed by atoms with Crippen LogP contribution in [0, 0.1) is 0 Å². The van der Waals surface area contributed by atoms with Crippen LogP contribution in [0.25, 0.3) is 0 Å². The van der Waals surface area contributed by atoms with E-state index < -0.39 is 0 Å². The lowest BCUT2D eigenvalue weighted by Crippen LogP contribution is -2.12. The van der Waals surface area contributed by atoms with Gasteiger partial charge in [-0.2, -0.15) is 5.10 Å². The predicted molar refractivity (Wildman–Crippen MR) is 72.6 cm³/mol. The van der Waals surface area contributed by atoms with Crippen LogP contribution in [0.1, 0.15) is 60.6 Å². The van der Waals surface area contributed by atoms with Gasteiger partial charge in [0.25, 0.3) is 0 Å². The largest absolute Gasteiger partial charge is 0.317 e. The van der Waals surface area contributed by atoms with Crippen molar-refractivity contribution in [3.63, 3.8) is 0 Å². The monoisotopic (exact) mass is 262 g/mol. The number of hydrogen-bond acceptors (Lipinski definition) is 4. The van der Waals surface area contributed by atoms with E-state index >= 15 is 0 Å². The van der Waals surface area contributed by atoms with E-state index in [0.29, 0.717) is 5.92 Å². The second kappa shape index (κ2) is 5.20. The van der Waals surface area contributed by atoms with E-state index in [1.54, 1.807) is 11.3 Å². The molecule has 1 unspecified atom stereocenters. The van der Waals surface area contributed by atoms with Gasteiger partial charge in [0.05, 0.1) is 0 Å². The Kier molecular flexibility index (Phi) is 3.43. The summed E-state index contributed by atoms with van der Waals surface area (Å²) in [5.74, 6) is 2.30. The van der Waals surface area contributed by atoms with Crippen molar-refractivity contribution in [2.45, 2.75) is 44.1 Å². The molecule has 0 radical (unpaired) electrons. The summed E-state index contributed by atoms with van der Waals surface area (Å²) in [7, 11) is 0. The number of thiophene rings is 1. The molecule has 2 aromatic heterocycles. The molecule has 0 aliphatic heterocycles. The first-order chi connectivity index (χ1) is 8.84. The Morgan fingerprint density at radius 2 is 2.17 bits per heavy atom. The molecular formula is C13H18N4S. The number of nitrogens with zero attached hydrogens (tertiary/aromatic N) is 2. The van der Waals surface area contributed by atoms with Crippen molar-refractivity contribution >= 4 is 11.3 Å². The molecule has 3 rings (SSSR count). The predicted octanol–water partition coefficient (Wildman–Crippen LogP) is 2.96. The second-order valence-corrected chi connectivity index (χ2v) is 5.89. The highest BCUT2D eigenvalue weighted by Crippen LogP contribution is 2.31. The molecule has 2 aromatic rings. The molecule has 2 heterocycles. The molecule has 1 atom stereocenters. The number of H-pyrrole nitrogens is 1. The lowest BCUT2D eigenvalue weighted by Gasteiger charge is -2.18. The summed E-state index contributed by atoms with van der Waals surface area (Å²) in [5.41, 5.74) is 6.17. The molecule has 0 bridgehead atoms. The highest BCUT2D eigenvalue weighted by molar-refractivity contribution is 7.10. The summed E-state index contributed by atoms with van der Waals surface area (Å²) in [6, 6.07) is 3.85. The number of hydrogen-bond donors (Lipinski definition) is 2. The number of rotatable bonds is 3. The topological polar surface area (TPSA) is 67.6 Å². The van der Waals surface area contributed by atoms with Crippen LogP contribution in [0.5, 0.6) is 0 Å². The quantitative estimate of drug-likeness (QED) is 0.893. The lowest BCUT2D eigenvalue weighted by molar-refractivity contribution is 0.429. The Labute approximate surface area is 111 Å². The molecular weight excluding hydrogens is 244 g/mol. The van der Waals surface area contributed by atoms with Gasteiger partial charge in [-0.05, 0) is 24.3 Å². The molecule has 1 saturated carbocycles. The van der Waals surface area contributed by atoms with Crippen molar-refractivity contribution in [2.24, 2.45) is 5.73 Å². The number of nitrogens with two attached hydrogens (primary N) is 1. The summed E-state index contributed by atoms with van der Waals surface area (Å²) in [4.78, 5) is 5.72. The summed E-state index contributed by atoms with van der Waals surface area (Å²) in [6.45, 7) is 0. The zero-order valence-electron chi connectivity index (χ0n) is 10.3. The molecule has 1 fully saturated rings. The molecule has 18 heavy (non-hydrogen) atoms. The van der Waals surface area contributed by atoms with Crippen molar-refractivity contribution in [1.82, 2.24) is 15.2 Å². The minimum Gasteiger partial charge on any atom is -0.317 e. The SMILES string of the molecule is NC(c1n[nH]c(C2CCCCC2)n1)c1cccs1. The van der Waals surface area contributed by atoms with Gasteiger partial charge in [0.2, 0.25) is 0 Å². The average Bonchev–Trinajstić information content (AvgIpc) is 3.10. The van der Waals surface area contributed by atoms with E-state index in [2.05, 4.69) is 15.2 Å². The maximum Gasteiger partial charge on any atom is 0.172 e. The highest BCUT2D eigenvalue weighted by atomic mass is 32.1. The third kappa shape index (κ3) is 2.33. The molecule has 1 aliphatic rings. The molecule has 5 heteroatoms. The number of aromatic nitrogens is 3. The Balaban J connectivity index is 1.76. The molecule has 3 N–H and O–H groups in total. The van der Waals surface area contributed by atoms with Gasteiger partial charge in [-0.3, -0.25) is 5.10 Å². The van der Waals surface area contributed by atoms with Crippen LogP contribution in [-0.2, 0) is 0 Å². The smallest absolute Gasteiger partial charge is 0.172 e. The Hall–Kier alpha value is -1.20. The van der Waals surface area contributed by atoms with Gasteiger partial charge in [-0.15, -0.1) is 11.3 Å². The van der Waals surface area contributed by atoms with E-state index in [-0.39, 0.29) is 6.04 Å². The minimum atomic E-state index is -0.196. The third-order valence-corrected chi connectivity index (χ3v) is 4.60. The van der Waals surface area contributed by atoms with Crippen molar-refractivity contribution in [3.8, 4) is 0 Å². The number of nitrogens with one attached hydrogen (secondary N) is 1. The van der Waals surface area contributed by atoms with Crippen LogP contribution in [0.2, 0.25) is 0 Å². The molecule has 1 aliphatic carbocycles. The highest BCUT2D eigenvalue weighted by Gasteiger charge is 2.21. The third-order valence-electron chi connectivity index (χ3n) is 3.64. The molecule has 0 saturated heterocycles. The van der Waals surface area contributed by atoms with E-state index in [1.807, 2.05) is 17.5 Å². The fourth-order valence-corrected chi connectivity index (χ4v) is 3.30. The van der Waals surface area contributed by atoms with Crippen LogP contribution >= 0.6 is 11.3 Å². The van der Waals surface area contributed by atoms with Gasteiger partial charge in [0, 0.05) is 10.8 Å². The maximum atomic E-state index is 6.17. The van der Waals surface area contributed by atoms with E-state index in [9.17, 15) is 0 Å². The fraction of sp³-hybridized carbons (Fsp3) is 0.538. The zero-order valence-corrected chi connectivity index (χ0v) is 11.1. The fourth-order valence-electron chi connectivity index (χ4n) is 2.58. The van der Waals surface area contributed by atoms with Gasteiger partial charge in [-0.1, -0.05) is 25.3 Å². The molecule has 96 valence electrons. The Morgan fingerprint density at radius 3 is 2.89 bits per heavy atom. The molecule has 0 spiro atoms. The van der Waals surface area contributed by atoms with Gasteiger partial charge >= 0.3 is 0 Å². The Morgan fingerprint density at radius 1 is 1.33 bits per heavy atom. The van der Waals surface area contributed by atoms with Crippen LogP contribution in [0.3, 0.4) is 0 Å². The maximum absolute atomic E-state index is 6.17. The first-order valence-electron chi connectivity index (χ1n) is 6.56. The van der Waals surface area contributed by atoms with Crippen LogP contribution in [0.4, 0.5) is 0 Å². The standard InChI is InChI=1S/C13H18N4S/c14-11(10-7-4-8-18-10)13-15-12(16-17-13)9-5-2-1-3-6-9/h4,7-9,11H,1-3,5-6,14H2,(H,15,16,17). The van der Waals surface area contributed by atoms with Gasteiger partial charge in [0.1, 0.15) is 11.9 Å². The zero-order chi connectivity index (χ0) is 12.4. The van der Waals surface area contributed by atoms with Crippen LogP contribution < -0.4 is 5.73 Å². The minimum absolute atomic E-state index is 0.196. The lowest BCUT2D eigenvalue weighted by atomic mass is 9.89.